The summed E-state index contributed by atoms with van der Waals surface area (Å²) in [6.07, 6.45) is 7.43. The summed E-state index contributed by atoms with van der Waals surface area (Å²) in [5.41, 5.74) is -0.138. The van der Waals surface area contributed by atoms with Gasteiger partial charge in [-0.15, -0.1) is 0 Å². The van der Waals surface area contributed by atoms with Gasteiger partial charge in [0.05, 0.1) is 5.41 Å². The smallest absolute Gasteiger partial charge is 0.309 e. The van der Waals surface area contributed by atoms with Gasteiger partial charge in [-0.3, -0.25) is 4.79 Å². The van der Waals surface area contributed by atoms with Crippen molar-refractivity contribution in [2.24, 2.45) is 16.7 Å². The molecular formula is C17H31NO2. The van der Waals surface area contributed by atoms with Crippen LogP contribution in [0.25, 0.3) is 0 Å². The van der Waals surface area contributed by atoms with E-state index < -0.39 is 11.4 Å². The quantitative estimate of drug-likeness (QED) is 0.856. The first-order valence-electron chi connectivity index (χ1n) is 8.20. The third-order valence-electron chi connectivity index (χ3n) is 5.72. The fourth-order valence-electron chi connectivity index (χ4n) is 4.07. The summed E-state index contributed by atoms with van der Waals surface area (Å²) in [6.45, 7) is 10.7. The highest BCUT2D eigenvalue weighted by Crippen LogP contribution is 2.40. The van der Waals surface area contributed by atoms with Gasteiger partial charge in [-0.2, -0.15) is 0 Å². The van der Waals surface area contributed by atoms with Crippen LogP contribution in [-0.2, 0) is 4.79 Å². The van der Waals surface area contributed by atoms with Crippen LogP contribution in [0.4, 0.5) is 0 Å². The minimum Gasteiger partial charge on any atom is -0.481 e. The van der Waals surface area contributed by atoms with E-state index in [1.807, 2.05) is 13.8 Å². The Balaban J connectivity index is 2.02. The first kappa shape index (κ1) is 15.8. The molecule has 1 saturated heterocycles. The van der Waals surface area contributed by atoms with Gasteiger partial charge in [-0.05, 0) is 63.8 Å². The number of piperidine rings is 1. The third kappa shape index (κ3) is 3.36. The number of carboxylic acids is 1. The van der Waals surface area contributed by atoms with Crippen molar-refractivity contribution in [1.82, 2.24) is 4.90 Å². The minimum atomic E-state index is -0.645. The second-order valence-electron chi connectivity index (χ2n) is 8.28. The molecule has 1 saturated carbocycles. The number of carbonyl (C=O) groups is 1. The molecule has 0 spiro atoms. The molecular weight excluding hydrogens is 250 g/mol. The normalized spacial score (nSPS) is 32.0. The van der Waals surface area contributed by atoms with Crippen LogP contribution in [-0.4, -0.2) is 35.1 Å². The lowest BCUT2D eigenvalue weighted by molar-refractivity contribution is -0.151. The van der Waals surface area contributed by atoms with Gasteiger partial charge in [-0.1, -0.05) is 20.3 Å². The van der Waals surface area contributed by atoms with Gasteiger partial charge < -0.3 is 10.0 Å². The molecule has 3 nitrogen and oxygen atoms in total. The summed E-state index contributed by atoms with van der Waals surface area (Å²) >= 11 is 0. The van der Waals surface area contributed by atoms with Crippen molar-refractivity contribution in [3.63, 3.8) is 0 Å². The molecule has 0 amide bonds. The largest absolute Gasteiger partial charge is 0.481 e. The van der Waals surface area contributed by atoms with Crippen LogP contribution in [0.15, 0.2) is 0 Å². The van der Waals surface area contributed by atoms with Gasteiger partial charge in [0.1, 0.15) is 0 Å². The highest BCUT2D eigenvalue weighted by atomic mass is 16.4. The molecule has 1 aliphatic heterocycles. The first-order chi connectivity index (χ1) is 9.22. The number of hydrogen-bond acceptors (Lipinski definition) is 2. The van der Waals surface area contributed by atoms with Crippen molar-refractivity contribution in [2.45, 2.75) is 72.3 Å². The molecule has 0 radical (unpaired) electrons. The van der Waals surface area contributed by atoms with E-state index in [2.05, 4.69) is 18.7 Å². The standard InChI is InChI=1S/C17H31NO2/c1-16(2)9-5-8-14(11-16)18-10-6-7-13(12-18)17(3,4)15(19)20/h13-14H,5-12H2,1-4H3,(H,19,20). The Bertz CT molecular complexity index is 362. The van der Waals surface area contributed by atoms with Crippen molar-refractivity contribution in [3.8, 4) is 0 Å². The molecule has 1 heterocycles. The van der Waals surface area contributed by atoms with Crippen LogP contribution in [0.1, 0.15) is 66.2 Å². The Kier molecular flexibility index (Phi) is 4.48. The number of hydrogen-bond donors (Lipinski definition) is 1. The fraction of sp³-hybridized carbons (Fsp3) is 0.941. The van der Waals surface area contributed by atoms with Crippen LogP contribution in [0.3, 0.4) is 0 Å². The third-order valence-corrected chi connectivity index (χ3v) is 5.72. The number of likely N-dealkylation sites (tertiary alicyclic amines) is 1. The molecule has 1 aliphatic carbocycles. The van der Waals surface area contributed by atoms with Crippen LogP contribution in [0.2, 0.25) is 0 Å². The number of carboxylic acid groups (broad SMARTS) is 1. The Hall–Kier alpha value is -0.570. The maximum Gasteiger partial charge on any atom is 0.309 e. The molecule has 1 N–H and O–H groups in total. The summed E-state index contributed by atoms with van der Waals surface area (Å²) in [5, 5.41) is 9.45. The molecule has 0 aromatic carbocycles. The highest BCUT2D eigenvalue weighted by Gasteiger charge is 2.41. The van der Waals surface area contributed by atoms with E-state index in [4.69, 9.17) is 0 Å². The van der Waals surface area contributed by atoms with E-state index in [1.54, 1.807) is 0 Å². The fourth-order valence-corrected chi connectivity index (χ4v) is 4.07. The second-order valence-corrected chi connectivity index (χ2v) is 8.28. The van der Waals surface area contributed by atoms with E-state index in [1.165, 1.54) is 25.7 Å². The summed E-state index contributed by atoms with van der Waals surface area (Å²) in [7, 11) is 0. The van der Waals surface area contributed by atoms with E-state index >= 15 is 0 Å². The van der Waals surface area contributed by atoms with Gasteiger partial charge in [0, 0.05) is 12.6 Å². The number of aliphatic carboxylic acids is 1. The van der Waals surface area contributed by atoms with Crippen LogP contribution >= 0.6 is 0 Å². The van der Waals surface area contributed by atoms with Gasteiger partial charge in [0.25, 0.3) is 0 Å². The molecule has 116 valence electrons. The monoisotopic (exact) mass is 281 g/mol. The van der Waals surface area contributed by atoms with Crippen molar-refractivity contribution in [2.75, 3.05) is 13.1 Å². The lowest BCUT2D eigenvalue weighted by Crippen LogP contribution is -2.50. The molecule has 2 rings (SSSR count). The minimum absolute atomic E-state index is 0.291. The summed E-state index contributed by atoms with van der Waals surface area (Å²) < 4.78 is 0. The average molecular weight is 281 g/mol. The van der Waals surface area contributed by atoms with Crippen LogP contribution < -0.4 is 0 Å². The zero-order valence-electron chi connectivity index (χ0n) is 13.6. The lowest BCUT2D eigenvalue weighted by Gasteiger charge is -2.46. The Labute approximate surface area is 123 Å². The number of rotatable bonds is 3. The van der Waals surface area contributed by atoms with Gasteiger partial charge in [0.15, 0.2) is 0 Å². The van der Waals surface area contributed by atoms with Gasteiger partial charge in [0.2, 0.25) is 0 Å². The maximum absolute atomic E-state index is 11.5. The highest BCUT2D eigenvalue weighted by molar-refractivity contribution is 5.74. The molecule has 0 aromatic heterocycles. The van der Waals surface area contributed by atoms with Crippen molar-refractivity contribution < 1.29 is 9.90 Å². The topological polar surface area (TPSA) is 40.5 Å². The zero-order valence-corrected chi connectivity index (χ0v) is 13.6. The molecule has 0 bridgehead atoms. The summed E-state index contributed by atoms with van der Waals surface area (Å²) in [5.74, 6) is -0.355. The molecule has 2 atom stereocenters. The SMILES string of the molecule is CC1(C)CCCC(N2CCCC(C(C)(C)C(=O)O)C2)C1. The second kappa shape index (κ2) is 5.67. The van der Waals surface area contributed by atoms with E-state index in [0.29, 0.717) is 17.4 Å². The van der Waals surface area contributed by atoms with Crippen molar-refractivity contribution in [3.05, 3.63) is 0 Å². The molecule has 2 aliphatic rings. The zero-order chi connectivity index (χ0) is 15.0. The predicted molar refractivity (Wildman–Crippen MR) is 81.8 cm³/mol. The Morgan fingerprint density at radius 3 is 2.55 bits per heavy atom. The molecule has 3 heteroatoms. The predicted octanol–water partition coefficient (Wildman–Crippen LogP) is 3.78. The first-order valence-corrected chi connectivity index (χ1v) is 8.20. The van der Waals surface area contributed by atoms with E-state index in [-0.39, 0.29) is 0 Å². The molecule has 2 unspecified atom stereocenters. The number of nitrogens with zero attached hydrogens (tertiary/aromatic N) is 1. The van der Waals surface area contributed by atoms with Crippen LogP contribution in [0.5, 0.6) is 0 Å². The van der Waals surface area contributed by atoms with Crippen molar-refractivity contribution >= 4 is 5.97 Å². The molecule has 20 heavy (non-hydrogen) atoms. The molecule has 2 fully saturated rings. The Morgan fingerprint density at radius 2 is 1.95 bits per heavy atom. The van der Waals surface area contributed by atoms with Crippen molar-refractivity contribution in [1.29, 1.82) is 0 Å². The van der Waals surface area contributed by atoms with Crippen LogP contribution in [0, 0.1) is 16.7 Å². The maximum atomic E-state index is 11.5. The molecule has 0 aromatic rings. The summed E-state index contributed by atoms with van der Waals surface area (Å²) in [4.78, 5) is 14.1. The summed E-state index contributed by atoms with van der Waals surface area (Å²) in [6, 6.07) is 0.672. The Morgan fingerprint density at radius 1 is 1.25 bits per heavy atom. The lowest BCUT2D eigenvalue weighted by atomic mass is 9.72. The van der Waals surface area contributed by atoms with E-state index in [0.717, 1.165) is 25.9 Å². The van der Waals surface area contributed by atoms with E-state index in [9.17, 15) is 9.90 Å². The van der Waals surface area contributed by atoms with Gasteiger partial charge >= 0.3 is 5.97 Å². The average Bonchev–Trinajstić information content (AvgIpc) is 2.37. The van der Waals surface area contributed by atoms with Gasteiger partial charge in [-0.25, -0.2) is 0 Å².